The van der Waals surface area contributed by atoms with Crippen molar-refractivity contribution in [2.75, 3.05) is 25.9 Å². The van der Waals surface area contributed by atoms with Crippen molar-refractivity contribution in [3.05, 3.63) is 18.2 Å². The topological polar surface area (TPSA) is 75.5 Å². The third-order valence-corrected chi connectivity index (χ3v) is 6.58. The Hall–Kier alpha value is -1.41. The Morgan fingerprint density at radius 1 is 1.38 bits per heavy atom. The van der Waals surface area contributed by atoms with Crippen LogP contribution in [0.4, 0.5) is 0 Å². The van der Waals surface area contributed by atoms with Gasteiger partial charge in [0.2, 0.25) is 15.9 Å². The van der Waals surface area contributed by atoms with Gasteiger partial charge in [-0.3, -0.25) is 4.79 Å². The molecular weight excluding hydrogens is 328 g/mol. The summed E-state index contributed by atoms with van der Waals surface area (Å²) in [5, 5.41) is 0. The van der Waals surface area contributed by atoms with Crippen molar-refractivity contribution in [1.29, 1.82) is 0 Å². The molecule has 8 heteroatoms. The summed E-state index contributed by atoms with van der Waals surface area (Å²) in [6.07, 6.45) is 8.64. The average Bonchev–Trinajstić information content (AvgIpc) is 3.05. The van der Waals surface area contributed by atoms with E-state index < -0.39 is 10.0 Å². The van der Waals surface area contributed by atoms with E-state index in [0.29, 0.717) is 32.6 Å². The fourth-order valence-electron chi connectivity index (χ4n) is 3.56. The number of rotatable bonds is 6. The Morgan fingerprint density at radius 3 is 2.67 bits per heavy atom. The summed E-state index contributed by atoms with van der Waals surface area (Å²) < 4.78 is 28.0. The van der Waals surface area contributed by atoms with E-state index in [9.17, 15) is 13.2 Å². The molecule has 1 aliphatic carbocycles. The SMILES string of the molecule is Cc1nccn1CCN(C1CCN(C(=O)C2CCC2)C1)S(C)(=O)=O. The molecule has 1 amide bonds. The van der Waals surface area contributed by atoms with Gasteiger partial charge in [0.1, 0.15) is 5.82 Å². The largest absolute Gasteiger partial charge is 0.341 e. The Balaban J connectivity index is 1.64. The first kappa shape index (κ1) is 17.4. The van der Waals surface area contributed by atoms with Crippen LogP contribution in [0.2, 0.25) is 0 Å². The summed E-state index contributed by atoms with van der Waals surface area (Å²) in [7, 11) is -3.31. The molecule has 1 aromatic heterocycles. The predicted molar refractivity (Wildman–Crippen MR) is 90.8 cm³/mol. The molecule has 134 valence electrons. The van der Waals surface area contributed by atoms with Gasteiger partial charge in [-0.25, -0.2) is 13.4 Å². The van der Waals surface area contributed by atoms with Crippen LogP contribution in [-0.4, -0.2) is 65.0 Å². The Labute approximate surface area is 143 Å². The van der Waals surface area contributed by atoms with Gasteiger partial charge in [0.15, 0.2) is 0 Å². The van der Waals surface area contributed by atoms with E-state index in [1.807, 2.05) is 22.6 Å². The molecule has 1 atom stereocenters. The molecule has 1 saturated heterocycles. The Bertz CT molecular complexity index is 696. The van der Waals surface area contributed by atoms with Crippen LogP contribution in [0, 0.1) is 12.8 Å². The molecule has 0 aromatic carbocycles. The highest BCUT2D eigenvalue weighted by atomic mass is 32.2. The number of carbonyl (C=O) groups excluding carboxylic acids is 1. The summed E-state index contributed by atoms with van der Waals surface area (Å²) in [6, 6.07) is -0.118. The first-order chi connectivity index (χ1) is 11.4. The monoisotopic (exact) mass is 354 g/mol. The first-order valence-corrected chi connectivity index (χ1v) is 10.4. The Kier molecular flexibility index (Phi) is 4.96. The highest BCUT2D eigenvalue weighted by molar-refractivity contribution is 7.88. The zero-order valence-electron chi connectivity index (χ0n) is 14.4. The molecule has 24 heavy (non-hydrogen) atoms. The van der Waals surface area contributed by atoms with Crippen LogP contribution in [0.25, 0.3) is 0 Å². The quantitative estimate of drug-likeness (QED) is 0.759. The molecule has 2 fully saturated rings. The molecule has 2 heterocycles. The molecule has 0 bridgehead atoms. The van der Waals surface area contributed by atoms with E-state index in [-0.39, 0.29) is 17.9 Å². The van der Waals surface area contributed by atoms with Crippen LogP contribution < -0.4 is 0 Å². The molecule has 3 rings (SSSR count). The van der Waals surface area contributed by atoms with Gasteiger partial charge in [-0.15, -0.1) is 0 Å². The minimum atomic E-state index is -3.31. The third kappa shape index (κ3) is 3.64. The number of imidazole rings is 1. The lowest BCUT2D eigenvalue weighted by Crippen LogP contribution is -2.44. The molecule has 1 aliphatic heterocycles. The van der Waals surface area contributed by atoms with Crippen molar-refractivity contribution < 1.29 is 13.2 Å². The van der Waals surface area contributed by atoms with Crippen LogP contribution in [0.1, 0.15) is 31.5 Å². The predicted octanol–water partition coefficient (Wildman–Crippen LogP) is 0.854. The number of nitrogens with zero attached hydrogens (tertiary/aromatic N) is 4. The summed E-state index contributed by atoms with van der Waals surface area (Å²) in [5.74, 6) is 1.25. The fraction of sp³-hybridized carbons (Fsp3) is 0.750. The van der Waals surface area contributed by atoms with Crippen molar-refractivity contribution in [3.63, 3.8) is 0 Å². The van der Waals surface area contributed by atoms with Crippen molar-refractivity contribution >= 4 is 15.9 Å². The van der Waals surface area contributed by atoms with Gasteiger partial charge in [0.25, 0.3) is 0 Å². The number of aromatic nitrogens is 2. The fourth-order valence-corrected chi connectivity index (χ4v) is 4.68. The van der Waals surface area contributed by atoms with E-state index in [4.69, 9.17) is 0 Å². The molecule has 1 saturated carbocycles. The lowest BCUT2D eigenvalue weighted by Gasteiger charge is -2.30. The number of hydrogen-bond acceptors (Lipinski definition) is 4. The number of carbonyl (C=O) groups is 1. The standard InChI is InChI=1S/C16H26N4O3S/c1-13-17-7-9-18(13)10-11-20(24(2,22)23)15-6-8-19(12-15)16(21)14-4-3-5-14/h7,9,14-15H,3-6,8,10-12H2,1-2H3. The van der Waals surface area contributed by atoms with Gasteiger partial charge in [-0.2, -0.15) is 4.31 Å². The van der Waals surface area contributed by atoms with Crippen LogP contribution in [0.15, 0.2) is 12.4 Å². The maximum atomic E-state index is 12.4. The Morgan fingerprint density at radius 2 is 2.12 bits per heavy atom. The minimum absolute atomic E-state index is 0.118. The highest BCUT2D eigenvalue weighted by Crippen LogP contribution is 2.30. The van der Waals surface area contributed by atoms with Crippen LogP contribution in [0.5, 0.6) is 0 Å². The van der Waals surface area contributed by atoms with Gasteiger partial charge in [0.05, 0.1) is 6.26 Å². The summed E-state index contributed by atoms with van der Waals surface area (Å²) in [4.78, 5) is 18.4. The van der Waals surface area contributed by atoms with E-state index in [0.717, 1.165) is 25.1 Å². The summed E-state index contributed by atoms with van der Waals surface area (Å²) in [6.45, 7) is 4.07. The van der Waals surface area contributed by atoms with Gasteiger partial charge < -0.3 is 9.47 Å². The van der Waals surface area contributed by atoms with Crippen LogP contribution >= 0.6 is 0 Å². The second-order valence-electron chi connectivity index (χ2n) is 6.90. The number of amides is 1. The number of likely N-dealkylation sites (tertiary alicyclic amines) is 1. The second kappa shape index (κ2) is 6.84. The molecule has 2 aliphatic rings. The molecule has 1 unspecified atom stereocenters. The summed E-state index contributed by atoms with van der Waals surface area (Å²) >= 11 is 0. The maximum Gasteiger partial charge on any atom is 0.225 e. The molecule has 0 spiro atoms. The first-order valence-electron chi connectivity index (χ1n) is 8.59. The van der Waals surface area contributed by atoms with E-state index in [1.165, 1.54) is 6.26 Å². The van der Waals surface area contributed by atoms with Gasteiger partial charge in [-0.1, -0.05) is 6.42 Å². The van der Waals surface area contributed by atoms with Crippen molar-refractivity contribution in [2.24, 2.45) is 5.92 Å². The summed E-state index contributed by atoms with van der Waals surface area (Å²) in [5.41, 5.74) is 0. The van der Waals surface area contributed by atoms with Crippen molar-refractivity contribution in [2.45, 2.75) is 45.2 Å². The molecule has 0 radical (unpaired) electrons. The van der Waals surface area contributed by atoms with Crippen molar-refractivity contribution in [3.8, 4) is 0 Å². The molecule has 7 nitrogen and oxygen atoms in total. The molecular formula is C16H26N4O3S. The van der Waals surface area contributed by atoms with Gasteiger partial charge >= 0.3 is 0 Å². The average molecular weight is 354 g/mol. The molecule has 1 aromatic rings. The maximum absolute atomic E-state index is 12.4. The second-order valence-corrected chi connectivity index (χ2v) is 8.83. The van der Waals surface area contributed by atoms with Crippen LogP contribution in [0.3, 0.4) is 0 Å². The van der Waals surface area contributed by atoms with E-state index in [2.05, 4.69) is 4.98 Å². The smallest absolute Gasteiger partial charge is 0.225 e. The van der Waals surface area contributed by atoms with Gasteiger partial charge in [0, 0.05) is 50.5 Å². The van der Waals surface area contributed by atoms with Crippen molar-refractivity contribution in [1.82, 2.24) is 18.8 Å². The van der Waals surface area contributed by atoms with E-state index in [1.54, 1.807) is 10.5 Å². The normalized spacial score (nSPS) is 22.1. The molecule has 0 N–H and O–H groups in total. The highest BCUT2D eigenvalue weighted by Gasteiger charge is 2.37. The lowest BCUT2D eigenvalue weighted by atomic mass is 9.84. The number of hydrogen-bond donors (Lipinski definition) is 0. The van der Waals surface area contributed by atoms with Gasteiger partial charge in [-0.05, 0) is 26.2 Å². The third-order valence-electron chi connectivity index (χ3n) is 5.25. The van der Waals surface area contributed by atoms with E-state index >= 15 is 0 Å². The zero-order chi connectivity index (χ0) is 17.3. The number of aryl methyl sites for hydroxylation is 1. The van der Waals surface area contributed by atoms with Crippen LogP contribution in [-0.2, 0) is 21.4 Å². The minimum Gasteiger partial charge on any atom is -0.341 e. The zero-order valence-corrected chi connectivity index (χ0v) is 15.2. The number of sulfonamides is 1. The lowest BCUT2D eigenvalue weighted by molar-refractivity contribution is -0.137.